The third-order valence-electron chi connectivity index (χ3n) is 4.04. The molecule has 0 spiro atoms. The summed E-state index contributed by atoms with van der Waals surface area (Å²) < 4.78 is 0. The van der Waals surface area contributed by atoms with E-state index in [0.717, 1.165) is 26.2 Å². The third-order valence-corrected chi connectivity index (χ3v) is 4.04. The van der Waals surface area contributed by atoms with Gasteiger partial charge in [0.25, 0.3) is 5.69 Å². The van der Waals surface area contributed by atoms with Crippen LogP contribution in [0.5, 0.6) is 0 Å². The summed E-state index contributed by atoms with van der Waals surface area (Å²) in [5.41, 5.74) is 1.22. The molecule has 1 N–H and O–H groups in total. The van der Waals surface area contributed by atoms with Crippen molar-refractivity contribution >= 4 is 11.4 Å². The Hall–Kier alpha value is -1.66. The second-order valence-corrected chi connectivity index (χ2v) is 5.65. The van der Waals surface area contributed by atoms with Gasteiger partial charge in [0.1, 0.15) is 5.69 Å². The van der Waals surface area contributed by atoms with Crippen LogP contribution in [0.15, 0.2) is 18.2 Å². The Kier molecular flexibility index (Phi) is 5.14. The maximum Gasteiger partial charge on any atom is 0.292 e. The first kappa shape index (κ1) is 15.7. The quantitative estimate of drug-likeness (QED) is 0.643. The molecule has 1 aromatic rings. The lowest BCUT2D eigenvalue weighted by atomic mass is 10.1. The van der Waals surface area contributed by atoms with Gasteiger partial charge in [-0.1, -0.05) is 6.07 Å². The first-order valence-electron chi connectivity index (χ1n) is 7.39. The fourth-order valence-corrected chi connectivity index (χ4v) is 2.69. The van der Waals surface area contributed by atoms with Crippen molar-refractivity contribution in [2.24, 2.45) is 0 Å². The van der Waals surface area contributed by atoms with E-state index in [1.54, 1.807) is 19.1 Å². The van der Waals surface area contributed by atoms with Gasteiger partial charge < -0.3 is 14.9 Å². The average molecular weight is 293 g/mol. The first-order chi connectivity index (χ1) is 9.99. The van der Waals surface area contributed by atoms with E-state index < -0.39 is 6.10 Å². The monoisotopic (exact) mass is 293 g/mol. The van der Waals surface area contributed by atoms with Gasteiger partial charge in [-0.05, 0) is 44.5 Å². The molecule has 1 atom stereocenters. The summed E-state index contributed by atoms with van der Waals surface area (Å²) in [7, 11) is 1.88. The molecule has 0 radical (unpaired) electrons. The molecule has 0 saturated carbocycles. The first-order valence-corrected chi connectivity index (χ1v) is 7.39. The van der Waals surface area contributed by atoms with Crippen molar-refractivity contribution in [1.29, 1.82) is 0 Å². The number of nitrogens with zero attached hydrogens (tertiary/aromatic N) is 3. The highest BCUT2D eigenvalue weighted by Gasteiger charge is 2.20. The van der Waals surface area contributed by atoms with Crippen LogP contribution < -0.4 is 4.90 Å². The summed E-state index contributed by atoms with van der Waals surface area (Å²) >= 11 is 0. The molecule has 1 aliphatic rings. The zero-order valence-electron chi connectivity index (χ0n) is 12.7. The normalized spacial score (nSPS) is 16.9. The summed E-state index contributed by atoms with van der Waals surface area (Å²) in [6.07, 6.45) is 1.78. The number of aliphatic hydroxyl groups excluding tert-OH is 1. The molecular formula is C15H23N3O3. The number of likely N-dealkylation sites (N-methyl/N-ethyl adjacent to an activating group) is 1. The lowest BCUT2D eigenvalue weighted by molar-refractivity contribution is -0.384. The maximum absolute atomic E-state index is 11.2. The van der Waals surface area contributed by atoms with Crippen molar-refractivity contribution in [3.63, 3.8) is 0 Å². The van der Waals surface area contributed by atoms with Crippen LogP contribution in [-0.2, 0) is 0 Å². The molecule has 2 rings (SSSR count). The molecule has 6 heteroatoms. The van der Waals surface area contributed by atoms with Crippen LogP contribution in [0.1, 0.15) is 31.4 Å². The van der Waals surface area contributed by atoms with Crippen molar-refractivity contribution in [2.45, 2.75) is 25.9 Å². The van der Waals surface area contributed by atoms with Gasteiger partial charge in [0.05, 0.1) is 11.0 Å². The Morgan fingerprint density at radius 3 is 2.67 bits per heavy atom. The van der Waals surface area contributed by atoms with Gasteiger partial charge in [-0.15, -0.1) is 0 Å². The largest absolute Gasteiger partial charge is 0.389 e. The van der Waals surface area contributed by atoms with Gasteiger partial charge in [0.2, 0.25) is 0 Å². The topological polar surface area (TPSA) is 69.8 Å². The van der Waals surface area contributed by atoms with E-state index in [0.29, 0.717) is 11.3 Å². The molecular weight excluding hydrogens is 270 g/mol. The van der Waals surface area contributed by atoms with Crippen molar-refractivity contribution in [2.75, 3.05) is 38.1 Å². The van der Waals surface area contributed by atoms with Gasteiger partial charge in [0, 0.05) is 26.2 Å². The molecule has 6 nitrogen and oxygen atoms in total. The number of aliphatic hydroxyl groups is 1. The predicted octanol–water partition coefficient (Wildman–Crippen LogP) is 2.18. The third kappa shape index (κ3) is 3.92. The number of anilines is 1. The van der Waals surface area contributed by atoms with Crippen LogP contribution in [0.2, 0.25) is 0 Å². The van der Waals surface area contributed by atoms with Gasteiger partial charge in [0.15, 0.2) is 0 Å². The smallest absolute Gasteiger partial charge is 0.292 e. The van der Waals surface area contributed by atoms with Crippen LogP contribution in [0.25, 0.3) is 0 Å². The minimum absolute atomic E-state index is 0.0531. The molecule has 0 amide bonds. The van der Waals surface area contributed by atoms with Crippen LogP contribution >= 0.6 is 0 Å². The lowest BCUT2D eigenvalue weighted by Gasteiger charge is -2.23. The number of hydrogen-bond donors (Lipinski definition) is 1. The summed E-state index contributed by atoms with van der Waals surface area (Å²) in [6, 6.07) is 4.94. The van der Waals surface area contributed by atoms with E-state index in [-0.39, 0.29) is 10.6 Å². The average Bonchev–Trinajstić information content (AvgIpc) is 2.97. The molecule has 1 aromatic carbocycles. The highest BCUT2D eigenvalue weighted by molar-refractivity contribution is 5.64. The minimum atomic E-state index is -0.701. The van der Waals surface area contributed by atoms with Crippen molar-refractivity contribution in [3.05, 3.63) is 33.9 Å². The highest BCUT2D eigenvalue weighted by atomic mass is 16.6. The van der Waals surface area contributed by atoms with E-state index in [1.165, 1.54) is 18.9 Å². The van der Waals surface area contributed by atoms with E-state index in [4.69, 9.17) is 0 Å². The van der Waals surface area contributed by atoms with Crippen LogP contribution in [0.4, 0.5) is 11.4 Å². The zero-order chi connectivity index (χ0) is 15.4. The van der Waals surface area contributed by atoms with Gasteiger partial charge in [-0.2, -0.15) is 0 Å². The summed E-state index contributed by atoms with van der Waals surface area (Å²) in [4.78, 5) is 15.2. The summed E-state index contributed by atoms with van der Waals surface area (Å²) in [5, 5.41) is 20.8. The van der Waals surface area contributed by atoms with Crippen LogP contribution in [0, 0.1) is 10.1 Å². The molecule has 0 aromatic heterocycles. The second kappa shape index (κ2) is 6.87. The molecule has 0 bridgehead atoms. The van der Waals surface area contributed by atoms with Gasteiger partial charge >= 0.3 is 0 Å². The Morgan fingerprint density at radius 2 is 2.10 bits per heavy atom. The minimum Gasteiger partial charge on any atom is -0.389 e. The van der Waals surface area contributed by atoms with Crippen molar-refractivity contribution < 1.29 is 10.0 Å². The number of rotatable bonds is 6. The van der Waals surface area contributed by atoms with E-state index >= 15 is 0 Å². The second-order valence-electron chi connectivity index (χ2n) is 5.65. The number of hydrogen-bond acceptors (Lipinski definition) is 5. The molecule has 0 unspecified atom stereocenters. The van der Waals surface area contributed by atoms with Crippen LogP contribution in [-0.4, -0.2) is 48.2 Å². The van der Waals surface area contributed by atoms with E-state index in [9.17, 15) is 15.2 Å². The molecule has 21 heavy (non-hydrogen) atoms. The SMILES string of the molecule is C[C@H](O)c1ccc(N(C)CCN2CCCC2)c([N+](=O)[O-])c1. The van der Waals surface area contributed by atoms with Crippen molar-refractivity contribution in [1.82, 2.24) is 4.90 Å². The number of nitro groups is 1. The molecule has 1 saturated heterocycles. The Labute approximate surface area is 125 Å². The Bertz CT molecular complexity index is 499. The summed E-state index contributed by atoms with van der Waals surface area (Å²) in [5.74, 6) is 0. The standard InChI is InChI=1S/C15H23N3O3/c1-12(19)13-5-6-14(15(11-13)18(20)21)16(2)9-10-17-7-3-4-8-17/h5-6,11-12,19H,3-4,7-10H2,1-2H3/t12-/m0/s1. The Morgan fingerprint density at radius 1 is 1.43 bits per heavy atom. The van der Waals surface area contributed by atoms with E-state index in [1.807, 2.05) is 11.9 Å². The molecule has 1 aliphatic heterocycles. The number of benzene rings is 1. The number of likely N-dealkylation sites (tertiary alicyclic amines) is 1. The molecule has 1 heterocycles. The molecule has 116 valence electrons. The Balaban J connectivity index is 2.11. The lowest BCUT2D eigenvalue weighted by Crippen LogP contribution is -2.31. The van der Waals surface area contributed by atoms with Gasteiger partial charge in [-0.3, -0.25) is 10.1 Å². The summed E-state index contributed by atoms with van der Waals surface area (Å²) in [6.45, 7) is 5.53. The highest BCUT2D eigenvalue weighted by Crippen LogP contribution is 2.30. The van der Waals surface area contributed by atoms with Gasteiger partial charge in [-0.25, -0.2) is 0 Å². The number of nitro benzene ring substituents is 1. The molecule has 1 fully saturated rings. The zero-order valence-corrected chi connectivity index (χ0v) is 12.7. The van der Waals surface area contributed by atoms with E-state index in [2.05, 4.69) is 4.90 Å². The fraction of sp³-hybridized carbons (Fsp3) is 0.600. The predicted molar refractivity (Wildman–Crippen MR) is 82.7 cm³/mol. The van der Waals surface area contributed by atoms with Crippen LogP contribution in [0.3, 0.4) is 0 Å². The molecule has 0 aliphatic carbocycles. The fourth-order valence-electron chi connectivity index (χ4n) is 2.69. The van der Waals surface area contributed by atoms with Crippen molar-refractivity contribution in [3.8, 4) is 0 Å². The maximum atomic E-state index is 11.2.